The summed E-state index contributed by atoms with van der Waals surface area (Å²) in [5.41, 5.74) is 1.13. The molecule has 0 bridgehead atoms. The molecule has 128 valence electrons. The van der Waals surface area contributed by atoms with Crippen LogP contribution in [0.3, 0.4) is 0 Å². The Kier molecular flexibility index (Phi) is 4.43. The van der Waals surface area contributed by atoms with Crippen LogP contribution in [0.15, 0.2) is 53.9 Å². The third-order valence-corrected chi connectivity index (χ3v) is 5.07. The van der Waals surface area contributed by atoms with E-state index in [0.29, 0.717) is 25.4 Å². The molecule has 1 aliphatic rings. The minimum atomic E-state index is -0.210. The van der Waals surface area contributed by atoms with Gasteiger partial charge in [-0.3, -0.25) is 0 Å². The van der Waals surface area contributed by atoms with Crippen LogP contribution in [0, 0.1) is 0 Å². The highest BCUT2D eigenvalue weighted by Crippen LogP contribution is 2.30. The molecule has 0 saturated carbocycles. The van der Waals surface area contributed by atoms with E-state index < -0.39 is 0 Å². The second-order valence-corrected chi connectivity index (χ2v) is 6.73. The van der Waals surface area contributed by atoms with E-state index in [-0.39, 0.29) is 12.1 Å². The minimum absolute atomic E-state index is 0.192. The van der Waals surface area contributed by atoms with Gasteiger partial charge < -0.3 is 20.1 Å². The summed E-state index contributed by atoms with van der Waals surface area (Å²) in [7, 11) is 0. The summed E-state index contributed by atoms with van der Waals surface area (Å²) in [6, 6.07) is 15.5. The largest absolute Gasteiger partial charge is 0.486 e. The van der Waals surface area contributed by atoms with E-state index in [2.05, 4.69) is 28.1 Å². The smallest absolute Gasteiger partial charge is 0.315 e. The molecule has 4 rings (SSSR count). The molecule has 3 aromatic rings. The molecular weight excluding hydrogens is 336 g/mol. The molecule has 25 heavy (non-hydrogen) atoms. The summed E-state index contributed by atoms with van der Waals surface area (Å²) in [5, 5.41) is 9.01. The zero-order chi connectivity index (χ0) is 17.1. The van der Waals surface area contributed by atoms with Crippen molar-refractivity contribution in [2.75, 3.05) is 13.2 Å². The van der Waals surface area contributed by atoms with Crippen molar-refractivity contribution in [3.8, 4) is 11.5 Å². The summed E-state index contributed by atoms with van der Waals surface area (Å²) in [6.07, 6.45) is -0.192. The topological polar surface area (TPSA) is 59.6 Å². The summed E-state index contributed by atoms with van der Waals surface area (Å²) in [4.78, 5) is 12.0. The van der Waals surface area contributed by atoms with Crippen LogP contribution in [0.4, 0.5) is 4.79 Å². The molecule has 1 atom stereocenters. The van der Waals surface area contributed by atoms with Crippen molar-refractivity contribution in [2.24, 2.45) is 0 Å². The van der Waals surface area contributed by atoms with Gasteiger partial charge in [-0.15, -0.1) is 11.3 Å². The van der Waals surface area contributed by atoms with Gasteiger partial charge in [-0.05, 0) is 34.5 Å². The molecule has 2 amide bonds. The van der Waals surface area contributed by atoms with E-state index in [0.717, 1.165) is 11.3 Å². The van der Waals surface area contributed by atoms with Crippen molar-refractivity contribution < 1.29 is 14.3 Å². The number of amides is 2. The third kappa shape index (κ3) is 3.53. The molecule has 0 spiro atoms. The molecule has 0 fully saturated rings. The monoisotopic (exact) mass is 354 g/mol. The number of fused-ring (bicyclic) bond motifs is 2. The zero-order valence-electron chi connectivity index (χ0n) is 13.5. The number of carbonyl (C=O) groups excluding carboxylic acids is 1. The Bertz CT molecular complexity index is 893. The Morgan fingerprint density at radius 2 is 1.88 bits per heavy atom. The van der Waals surface area contributed by atoms with E-state index >= 15 is 0 Å². The third-order valence-electron chi connectivity index (χ3n) is 4.06. The number of hydrogen-bond acceptors (Lipinski definition) is 4. The molecule has 2 heterocycles. The van der Waals surface area contributed by atoms with Crippen molar-refractivity contribution in [1.29, 1.82) is 0 Å². The van der Waals surface area contributed by atoms with Gasteiger partial charge in [0.25, 0.3) is 0 Å². The number of ether oxygens (including phenoxy) is 2. The molecule has 6 heteroatoms. The molecule has 0 radical (unpaired) electrons. The van der Waals surface area contributed by atoms with Gasteiger partial charge in [0, 0.05) is 11.2 Å². The first kappa shape index (κ1) is 15.8. The highest BCUT2D eigenvalue weighted by atomic mass is 32.1. The van der Waals surface area contributed by atoms with Crippen molar-refractivity contribution in [3.63, 3.8) is 0 Å². The standard InChI is InChI=1S/C19H18N2O3S/c22-19(20-9-13-12-25-18-8-4-1-5-15(13)18)21-10-14-11-23-16-6-2-3-7-17(16)24-14/h1-8,12,14H,9-11H2,(H2,20,21,22). The predicted octanol–water partition coefficient (Wildman–Crippen LogP) is 3.54. The van der Waals surface area contributed by atoms with Gasteiger partial charge in [-0.1, -0.05) is 30.3 Å². The average molecular weight is 354 g/mol. The molecule has 1 aliphatic heterocycles. The zero-order valence-corrected chi connectivity index (χ0v) is 14.3. The fourth-order valence-corrected chi connectivity index (χ4v) is 3.74. The second-order valence-electron chi connectivity index (χ2n) is 5.82. The lowest BCUT2D eigenvalue weighted by Gasteiger charge is -2.26. The summed E-state index contributed by atoms with van der Waals surface area (Å²) in [6.45, 7) is 1.32. The summed E-state index contributed by atoms with van der Waals surface area (Å²) >= 11 is 1.69. The fraction of sp³-hybridized carbons (Fsp3) is 0.211. The van der Waals surface area contributed by atoms with Crippen LogP contribution in [0.5, 0.6) is 11.5 Å². The van der Waals surface area contributed by atoms with Crippen molar-refractivity contribution in [2.45, 2.75) is 12.6 Å². The van der Waals surface area contributed by atoms with Crippen LogP contribution in [0.2, 0.25) is 0 Å². The first-order valence-corrected chi connectivity index (χ1v) is 9.03. The van der Waals surface area contributed by atoms with Crippen molar-refractivity contribution in [3.05, 3.63) is 59.5 Å². The summed E-state index contributed by atoms with van der Waals surface area (Å²) < 4.78 is 12.7. The lowest BCUT2D eigenvalue weighted by molar-refractivity contribution is 0.0918. The van der Waals surface area contributed by atoms with Gasteiger partial charge in [0.15, 0.2) is 17.6 Å². The quantitative estimate of drug-likeness (QED) is 0.753. The first-order chi connectivity index (χ1) is 12.3. The lowest BCUT2D eigenvalue weighted by Crippen LogP contribution is -2.44. The van der Waals surface area contributed by atoms with Gasteiger partial charge in [-0.25, -0.2) is 4.79 Å². The van der Waals surface area contributed by atoms with Gasteiger partial charge >= 0.3 is 6.03 Å². The van der Waals surface area contributed by atoms with Gasteiger partial charge in [0.2, 0.25) is 0 Å². The minimum Gasteiger partial charge on any atom is -0.486 e. The fourth-order valence-electron chi connectivity index (χ4n) is 2.78. The van der Waals surface area contributed by atoms with E-state index in [4.69, 9.17) is 9.47 Å². The van der Waals surface area contributed by atoms with Crippen LogP contribution in [0.1, 0.15) is 5.56 Å². The van der Waals surface area contributed by atoms with Crippen LogP contribution < -0.4 is 20.1 Å². The molecule has 0 aliphatic carbocycles. The Hall–Kier alpha value is -2.73. The maximum atomic E-state index is 12.0. The van der Waals surface area contributed by atoms with Crippen LogP contribution in [0.25, 0.3) is 10.1 Å². The maximum Gasteiger partial charge on any atom is 0.315 e. The molecule has 1 unspecified atom stereocenters. The number of para-hydroxylation sites is 2. The van der Waals surface area contributed by atoms with Gasteiger partial charge in [0.1, 0.15) is 6.61 Å². The Balaban J connectivity index is 1.27. The number of urea groups is 1. The number of hydrogen-bond donors (Lipinski definition) is 2. The highest BCUT2D eigenvalue weighted by Gasteiger charge is 2.20. The average Bonchev–Trinajstić information content (AvgIpc) is 3.08. The number of benzene rings is 2. The second kappa shape index (κ2) is 7.03. The lowest BCUT2D eigenvalue weighted by atomic mass is 10.2. The van der Waals surface area contributed by atoms with Crippen molar-refractivity contribution in [1.82, 2.24) is 10.6 Å². The Morgan fingerprint density at radius 3 is 2.80 bits per heavy atom. The number of nitrogens with one attached hydrogen (secondary N) is 2. The normalized spacial score (nSPS) is 15.8. The molecule has 1 aromatic heterocycles. The van der Waals surface area contributed by atoms with Crippen LogP contribution in [-0.4, -0.2) is 25.3 Å². The molecule has 2 N–H and O–H groups in total. The van der Waals surface area contributed by atoms with Crippen molar-refractivity contribution >= 4 is 27.5 Å². The van der Waals surface area contributed by atoms with Crippen LogP contribution >= 0.6 is 11.3 Å². The first-order valence-electron chi connectivity index (χ1n) is 8.15. The summed E-state index contributed by atoms with van der Waals surface area (Å²) in [5.74, 6) is 1.46. The van der Waals surface area contributed by atoms with Gasteiger partial charge in [0.05, 0.1) is 6.54 Å². The van der Waals surface area contributed by atoms with E-state index in [1.807, 2.05) is 36.4 Å². The van der Waals surface area contributed by atoms with Crippen LogP contribution in [-0.2, 0) is 6.54 Å². The van der Waals surface area contributed by atoms with E-state index in [9.17, 15) is 4.79 Å². The molecular formula is C19H18N2O3S. The molecule has 2 aromatic carbocycles. The van der Waals surface area contributed by atoms with E-state index in [1.165, 1.54) is 10.1 Å². The number of carbonyl (C=O) groups is 1. The number of rotatable bonds is 4. The predicted molar refractivity (Wildman–Crippen MR) is 98.4 cm³/mol. The molecule has 0 saturated heterocycles. The Morgan fingerprint density at radius 1 is 1.08 bits per heavy atom. The molecule has 5 nitrogen and oxygen atoms in total. The SMILES string of the molecule is O=C(NCc1csc2ccccc12)NCC1COc2ccccc2O1. The maximum absolute atomic E-state index is 12.0. The number of thiophene rings is 1. The highest BCUT2D eigenvalue weighted by molar-refractivity contribution is 7.17. The Labute approximate surface area is 149 Å². The van der Waals surface area contributed by atoms with Gasteiger partial charge in [-0.2, -0.15) is 0 Å². The van der Waals surface area contributed by atoms with E-state index in [1.54, 1.807) is 11.3 Å².